The summed E-state index contributed by atoms with van der Waals surface area (Å²) in [5, 5.41) is 6.93. The standard InChI is InChI=1S/C24H31N5O3S3/c1-18-7-8-19(2)22(15-18)35(30,31)27-11-9-26(10-12-27)17-29-24(33)28(16-20-5-3-13-32-20)23(25-29)21-6-4-14-34-21/h4,6-8,14-15,20H,3,5,9-13,16-17H2,1-2H3/t20-/m1/s1. The SMILES string of the molecule is Cc1ccc(C)c(S(=O)(=O)N2CCN(Cn3nc(-c4cccs4)n(C[C@H]4CCCO4)c3=S)CC2)c1. The highest BCUT2D eigenvalue weighted by molar-refractivity contribution is 7.89. The minimum absolute atomic E-state index is 0.164. The van der Waals surface area contributed by atoms with Crippen molar-refractivity contribution in [1.82, 2.24) is 23.6 Å². The van der Waals surface area contributed by atoms with E-state index in [2.05, 4.69) is 15.5 Å². The predicted molar refractivity (Wildman–Crippen MR) is 140 cm³/mol. The average molecular weight is 534 g/mol. The number of hydrogen-bond donors (Lipinski definition) is 0. The molecule has 2 aromatic heterocycles. The smallest absolute Gasteiger partial charge is 0.243 e. The second kappa shape index (κ2) is 10.2. The number of nitrogens with zero attached hydrogens (tertiary/aromatic N) is 5. The zero-order chi connectivity index (χ0) is 24.6. The van der Waals surface area contributed by atoms with Crippen LogP contribution in [0, 0.1) is 18.6 Å². The van der Waals surface area contributed by atoms with Crippen molar-refractivity contribution < 1.29 is 13.2 Å². The summed E-state index contributed by atoms with van der Waals surface area (Å²) in [6, 6.07) is 9.67. The van der Waals surface area contributed by atoms with E-state index in [4.69, 9.17) is 22.1 Å². The molecule has 1 atom stereocenters. The lowest BCUT2D eigenvalue weighted by molar-refractivity contribution is 0.0965. The third kappa shape index (κ3) is 5.16. The summed E-state index contributed by atoms with van der Waals surface area (Å²) < 4.78 is 38.7. The van der Waals surface area contributed by atoms with Gasteiger partial charge in [-0.05, 0) is 67.5 Å². The van der Waals surface area contributed by atoms with Gasteiger partial charge in [-0.3, -0.25) is 9.47 Å². The van der Waals surface area contributed by atoms with Gasteiger partial charge in [0.15, 0.2) is 10.6 Å². The van der Waals surface area contributed by atoms with Crippen LogP contribution in [0.2, 0.25) is 0 Å². The predicted octanol–water partition coefficient (Wildman–Crippen LogP) is 3.90. The molecule has 1 aromatic carbocycles. The summed E-state index contributed by atoms with van der Waals surface area (Å²) in [5.41, 5.74) is 1.73. The van der Waals surface area contributed by atoms with Crippen LogP contribution in [0.4, 0.5) is 0 Å². The summed E-state index contributed by atoms with van der Waals surface area (Å²) in [6.45, 7) is 7.94. The summed E-state index contributed by atoms with van der Waals surface area (Å²) >= 11 is 7.49. The highest BCUT2D eigenvalue weighted by Gasteiger charge is 2.30. The van der Waals surface area contributed by atoms with E-state index in [9.17, 15) is 8.42 Å². The second-order valence-corrected chi connectivity index (χ2v) is 12.5. The van der Waals surface area contributed by atoms with E-state index in [0.29, 0.717) is 49.1 Å². The largest absolute Gasteiger partial charge is 0.376 e. The van der Waals surface area contributed by atoms with Gasteiger partial charge in [-0.2, -0.15) is 4.31 Å². The van der Waals surface area contributed by atoms with Crippen molar-refractivity contribution in [1.29, 1.82) is 0 Å². The molecule has 0 spiro atoms. The maximum atomic E-state index is 13.3. The van der Waals surface area contributed by atoms with Crippen LogP contribution >= 0.6 is 23.6 Å². The molecule has 2 aliphatic rings. The van der Waals surface area contributed by atoms with Crippen molar-refractivity contribution in [3.05, 3.63) is 51.6 Å². The number of hydrogen-bond acceptors (Lipinski definition) is 7. The zero-order valence-corrected chi connectivity index (χ0v) is 22.5. The lowest BCUT2D eigenvalue weighted by Crippen LogP contribution is -2.49. The Hall–Kier alpha value is -1.89. The topological polar surface area (TPSA) is 72.6 Å². The monoisotopic (exact) mass is 533 g/mol. The van der Waals surface area contributed by atoms with E-state index >= 15 is 0 Å². The van der Waals surface area contributed by atoms with Crippen LogP contribution in [0.15, 0.2) is 40.6 Å². The molecule has 0 amide bonds. The third-order valence-electron chi connectivity index (χ3n) is 6.70. The van der Waals surface area contributed by atoms with Gasteiger partial charge in [0, 0.05) is 32.8 Å². The molecule has 8 nitrogen and oxygen atoms in total. The van der Waals surface area contributed by atoms with Crippen LogP contribution in [-0.2, 0) is 28.0 Å². The molecule has 11 heteroatoms. The molecule has 0 radical (unpaired) electrons. The minimum Gasteiger partial charge on any atom is -0.376 e. The Kier molecular flexibility index (Phi) is 7.25. The van der Waals surface area contributed by atoms with Gasteiger partial charge in [-0.1, -0.05) is 18.2 Å². The van der Waals surface area contributed by atoms with Gasteiger partial charge in [-0.25, -0.2) is 13.1 Å². The fourth-order valence-electron chi connectivity index (χ4n) is 4.70. The van der Waals surface area contributed by atoms with Crippen LogP contribution < -0.4 is 0 Å². The fraction of sp³-hybridized carbons (Fsp3) is 0.500. The number of aryl methyl sites for hydroxylation is 2. The quantitative estimate of drug-likeness (QED) is 0.429. The summed E-state index contributed by atoms with van der Waals surface area (Å²) in [5.74, 6) is 0.872. The Bertz CT molecular complexity index is 1330. The van der Waals surface area contributed by atoms with Crippen molar-refractivity contribution in [2.75, 3.05) is 32.8 Å². The van der Waals surface area contributed by atoms with Crippen molar-refractivity contribution in [3.8, 4) is 10.7 Å². The molecule has 2 saturated heterocycles. The van der Waals surface area contributed by atoms with Gasteiger partial charge in [0.25, 0.3) is 0 Å². The minimum atomic E-state index is -3.52. The molecule has 35 heavy (non-hydrogen) atoms. The number of piperazine rings is 1. The van der Waals surface area contributed by atoms with Gasteiger partial charge in [0.1, 0.15) is 0 Å². The van der Waals surface area contributed by atoms with Crippen LogP contribution in [0.3, 0.4) is 0 Å². The Morgan fingerprint density at radius 3 is 2.66 bits per heavy atom. The molecule has 188 valence electrons. The first-order valence-electron chi connectivity index (χ1n) is 12.0. The number of sulfonamides is 1. The number of rotatable bonds is 7. The lowest BCUT2D eigenvalue weighted by atomic mass is 10.2. The van der Waals surface area contributed by atoms with E-state index in [1.54, 1.807) is 21.7 Å². The Morgan fingerprint density at radius 1 is 1.17 bits per heavy atom. The van der Waals surface area contributed by atoms with E-state index in [0.717, 1.165) is 41.3 Å². The molecule has 2 aliphatic heterocycles. The van der Waals surface area contributed by atoms with Crippen molar-refractivity contribution in [2.24, 2.45) is 0 Å². The van der Waals surface area contributed by atoms with Gasteiger partial charge in [-0.15, -0.1) is 16.4 Å². The molecule has 0 bridgehead atoms. The molecule has 0 N–H and O–H groups in total. The molecule has 3 aromatic rings. The van der Waals surface area contributed by atoms with Gasteiger partial charge in [0.05, 0.1) is 29.1 Å². The Morgan fingerprint density at radius 2 is 1.97 bits per heavy atom. The third-order valence-corrected chi connectivity index (χ3v) is 10.0. The zero-order valence-electron chi connectivity index (χ0n) is 20.1. The highest BCUT2D eigenvalue weighted by atomic mass is 32.2. The Balaban J connectivity index is 1.31. The molecular formula is C24H31N5O3S3. The maximum Gasteiger partial charge on any atom is 0.243 e. The average Bonchev–Trinajstić information content (AvgIpc) is 3.61. The number of ether oxygens (including phenoxy) is 1. The second-order valence-electron chi connectivity index (χ2n) is 9.26. The molecule has 2 fully saturated rings. The first-order valence-corrected chi connectivity index (χ1v) is 14.7. The van der Waals surface area contributed by atoms with Crippen LogP contribution in [-0.4, -0.2) is 70.9 Å². The number of thiophene rings is 1. The van der Waals surface area contributed by atoms with Gasteiger partial charge < -0.3 is 4.74 Å². The molecule has 0 unspecified atom stereocenters. The van der Waals surface area contributed by atoms with Gasteiger partial charge in [0.2, 0.25) is 10.0 Å². The molecule has 0 saturated carbocycles. The van der Waals surface area contributed by atoms with E-state index < -0.39 is 10.0 Å². The molecular weight excluding hydrogens is 502 g/mol. The maximum absolute atomic E-state index is 13.3. The fourth-order valence-corrected chi connectivity index (χ4v) is 7.41. The van der Waals surface area contributed by atoms with Crippen LogP contribution in [0.1, 0.15) is 24.0 Å². The Labute approximate surface area is 215 Å². The summed E-state index contributed by atoms with van der Waals surface area (Å²) in [6.07, 6.45) is 2.28. The van der Waals surface area contributed by atoms with Crippen molar-refractivity contribution in [2.45, 2.75) is 50.9 Å². The summed E-state index contributed by atoms with van der Waals surface area (Å²) in [4.78, 5) is 3.70. The first kappa shape index (κ1) is 24.8. The lowest BCUT2D eigenvalue weighted by Gasteiger charge is -2.34. The number of benzene rings is 1. The number of aromatic nitrogens is 3. The van der Waals surface area contributed by atoms with Crippen LogP contribution in [0.25, 0.3) is 10.7 Å². The molecule has 0 aliphatic carbocycles. The van der Waals surface area contributed by atoms with E-state index in [1.807, 2.05) is 42.1 Å². The van der Waals surface area contributed by atoms with E-state index in [-0.39, 0.29) is 6.10 Å². The van der Waals surface area contributed by atoms with Crippen molar-refractivity contribution >= 4 is 33.6 Å². The van der Waals surface area contributed by atoms with Gasteiger partial charge >= 0.3 is 0 Å². The molecule has 5 rings (SSSR count). The van der Waals surface area contributed by atoms with Crippen LogP contribution in [0.5, 0.6) is 0 Å². The van der Waals surface area contributed by atoms with E-state index in [1.165, 1.54) is 0 Å². The normalized spacial score (nSPS) is 20.0. The molecule has 4 heterocycles. The summed E-state index contributed by atoms with van der Waals surface area (Å²) in [7, 11) is -3.52. The van der Waals surface area contributed by atoms with Crippen molar-refractivity contribution in [3.63, 3.8) is 0 Å². The highest BCUT2D eigenvalue weighted by Crippen LogP contribution is 2.26. The first-order chi connectivity index (χ1) is 16.8.